The molecule has 2 aromatic rings. The maximum Gasteiger partial charge on any atom is 0.126 e. The Morgan fingerprint density at radius 1 is 1.21 bits per heavy atom. The third-order valence-electron chi connectivity index (χ3n) is 2.73. The largest absolute Gasteiger partial charge is 0.271 e. The molecule has 2 rings (SSSR count). The number of hydrogen-bond acceptors (Lipinski definition) is 5. The molecule has 1 aromatic heterocycles. The van der Waals surface area contributed by atoms with Gasteiger partial charge in [-0.1, -0.05) is 18.3 Å². The summed E-state index contributed by atoms with van der Waals surface area (Å²) < 4.78 is 30.5. The fourth-order valence-electron chi connectivity index (χ4n) is 1.87. The second-order valence-corrected chi connectivity index (χ2v) is 5.27. The first-order valence-corrected chi connectivity index (χ1v) is 6.54. The van der Waals surface area contributed by atoms with Crippen LogP contribution in [0.4, 0.5) is 8.78 Å². The molecule has 4 nitrogen and oxygen atoms in total. The summed E-state index contributed by atoms with van der Waals surface area (Å²) in [5, 5.41) is 4.04. The highest BCUT2D eigenvalue weighted by Gasteiger charge is 2.22. The van der Waals surface area contributed by atoms with E-state index < -0.39 is 17.7 Å². The first-order valence-electron chi connectivity index (χ1n) is 5.77. The number of benzene rings is 1. The number of hydrazine groups is 1. The maximum absolute atomic E-state index is 13.3. The van der Waals surface area contributed by atoms with Gasteiger partial charge >= 0.3 is 0 Å². The molecule has 1 unspecified atom stereocenters. The molecular formula is C12H14F2N4S. The molecule has 102 valence electrons. The molecule has 19 heavy (non-hydrogen) atoms. The number of nitrogens with one attached hydrogen (secondary N) is 1. The van der Waals surface area contributed by atoms with E-state index in [0.29, 0.717) is 5.56 Å². The van der Waals surface area contributed by atoms with E-state index in [1.54, 1.807) is 0 Å². The number of nitrogens with zero attached hydrogens (tertiary/aromatic N) is 2. The van der Waals surface area contributed by atoms with Crippen molar-refractivity contribution in [1.82, 2.24) is 15.0 Å². The minimum atomic E-state index is -0.640. The third kappa shape index (κ3) is 2.94. The summed E-state index contributed by atoms with van der Waals surface area (Å²) >= 11 is 1.17. The number of halogens is 2. The molecule has 0 aliphatic heterocycles. The van der Waals surface area contributed by atoms with E-state index in [-0.39, 0.29) is 5.92 Å². The Labute approximate surface area is 113 Å². The number of nitrogens with two attached hydrogens (primary N) is 1. The molecule has 0 aliphatic carbocycles. The third-order valence-corrected chi connectivity index (χ3v) is 3.54. The Morgan fingerprint density at radius 2 is 1.84 bits per heavy atom. The maximum atomic E-state index is 13.3. The first kappa shape index (κ1) is 14.0. The Kier molecular flexibility index (Phi) is 4.18. The van der Waals surface area contributed by atoms with Gasteiger partial charge in [0, 0.05) is 6.07 Å². The van der Waals surface area contributed by atoms with Crippen molar-refractivity contribution in [3.8, 4) is 0 Å². The molecule has 0 bridgehead atoms. The summed E-state index contributed by atoms with van der Waals surface area (Å²) in [4.78, 5) is 0.766. The molecule has 0 spiro atoms. The zero-order chi connectivity index (χ0) is 14.0. The van der Waals surface area contributed by atoms with Crippen molar-refractivity contribution >= 4 is 11.5 Å². The molecule has 1 atom stereocenters. The molecule has 0 saturated carbocycles. The lowest BCUT2D eigenvalue weighted by Crippen LogP contribution is -2.29. The summed E-state index contributed by atoms with van der Waals surface area (Å²) in [7, 11) is 0. The highest BCUT2D eigenvalue weighted by molar-refractivity contribution is 7.05. The van der Waals surface area contributed by atoms with Gasteiger partial charge in [0.25, 0.3) is 0 Å². The highest BCUT2D eigenvalue weighted by atomic mass is 32.1. The Bertz CT molecular complexity index is 550. The van der Waals surface area contributed by atoms with Crippen molar-refractivity contribution in [2.45, 2.75) is 25.8 Å². The summed E-state index contributed by atoms with van der Waals surface area (Å²) in [6.07, 6.45) is 0. The van der Waals surface area contributed by atoms with Gasteiger partial charge < -0.3 is 0 Å². The van der Waals surface area contributed by atoms with Crippen LogP contribution in [-0.2, 0) is 0 Å². The normalized spacial score (nSPS) is 12.9. The van der Waals surface area contributed by atoms with E-state index in [1.165, 1.54) is 23.7 Å². The van der Waals surface area contributed by atoms with Crippen molar-refractivity contribution in [1.29, 1.82) is 0 Å². The lowest BCUT2D eigenvalue weighted by Gasteiger charge is -2.16. The van der Waals surface area contributed by atoms with Gasteiger partial charge in [0.1, 0.15) is 11.6 Å². The molecule has 0 radical (unpaired) electrons. The minimum Gasteiger partial charge on any atom is -0.271 e. The van der Waals surface area contributed by atoms with E-state index in [0.717, 1.165) is 16.6 Å². The second kappa shape index (κ2) is 5.68. The van der Waals surface area contributed by atoms with Crippen LogP contribution < -0.4 is 11.3 Å². The average Bonchev–Trinajstić information content (AvgIpc) is 2.78. The van der Waals surface area contributed by atoms with Crippen molar-refractivity contribution in [2.24, 2.45) is 5.84 Å². The van der Waals surface area contributed by atoms with Gasteiger partial charge in [0.2, 0.25) is 0 Å². The van der Waals surface area contributed by atoms with E-state index in [2.05, 4.69) is 15.0 Å². The summed E-state index contributed by atoms with van der Waals surface area (Å²) in [5.41, 5.74) is 3.75. The van der Waals surface area contributed by atoms with Gasteiger partial charge in [-0.05, 0) is 35.1 Å². The summed E-state index contributed by atoms with van der Waals surface area (Å²) in [6, 6.07) is 2.79. The van der Waals surface area contributed by atoms with Crippen LogP contribution in [-0.4, -0.2) is 9.59 Å². The molecule has 3 N–H and O–H groups in total. The van der Waals surface area contributed by atoms with Crippen molar-refractivity contribution in [3.63, 3.8) is 0 Å². The fourth-order valence-corrected chi connectivity index (χ4v) is 2.77. The predicted molar refractivity (Wildman–Crippen MR) is 69.5 cm³/mol. The van der Waals surface area contributed by atoms with Gasteiger partial charge in [0.05, 0.1) is 16.6 Å². The molecule has 0 fully saturated rings. The lowest BCUT2D eigenvalue weighted by molar-refractivity contribution is 0.566. The lowest BCUT2D eigenvalue weighted by atomic mass is 10.0. The van der Waals surface area contributed by atoms with Gasteiger partial charge in [-0.15, -0.1) is 5.10 Å². The van der Waals surface area contributed by atoms with Crippen LogP contribution in [0.2, 0.25) is 0 Å². The van der Waals surface area contributed by atoms with E-state index in [1.807, 2.05) is 13.8 Å². The smallest absolute Gasteiger partial charge is 0.126 e. The molecular weight excluding hydrogens is 270 g/mol. The van der Waals surface area contributed by atoms with Crippen molar-refractivity contribution in [3.05, 3.63) is 46.0 Å². The minimum absolute atomic E-state index is 0.156. The van der Waals surface area contributed by atoms with E-state index in [9.17, 15) is 8.78 Å². The zero-order valence-electron chi connectivity index (χ0n) is 10.5. The monoisotopic (exact) mass is 284 g/mol. The van der Waals surface area contributed by atoms with Gasteiger partial charge in [-0.2, -0.15) is 0 Å². The van der Waals surface area contributed by atoms with Crippen molar-refractivity contribution < 1.29 is 8.78 Å². The van der Waals surface area contributed by atoms with Gasteiger partial charge in [-0.3, -0.25) is 5.84 Å². The highest BCUT2D eigenvalue weighted by Crippen LogP contribution is 2.30. The SMILES string of the molecule is CC(C)c1nnsc1C(NN)c1cc(F)cc(F)c1. The predicted octanol–water partition coefficient (Wildman–Crippen LogP) is 2.49. The van der Waals surface area contributed by atoms with Crippen LogP contribution >= 0.6 is 11.5 Å². The molecule has 0 amide bonds. The standard InChI is InChI=1S/C12H14F2N4S/c1-6(2)10-12(19-18-17-10)11(16-15)7-3-8(13)5-9(14)4-7/h3-6,11,16H,15H2,1-2H3. The van der Waals surface area contributed by atoms with E-state index >= 15 is 0 Å². The van der Waals surface area contributed by atoms with Crippen LogP contribution in [0.15, 0.2) is 18.2 Å². The first-order chi connectivity index (χ1) is 9.02. The number of aromatic nitrogens is 2. The Hall–Kier alpha value is -1.44. The van der Waals surface area contributed by atoms with Gasteiger partial charge in [-0.25, -0.2) is 14.2 Å². The summed E-state index contributed by atoms with van der Waals surface area (Å²) in [5.74, 6) is 4.40. The van der Waals surface area contributed by atoms with Crippen LogP contribution in [0.25, 0.3) is 0 Å². The van der Waals surface area contributed by atoms with Crippen LogP contribution in [0.1, 0.15) is 41.9 Å². The zero-order valence-corrected chi connectivity index (χ0v) is 11.3. The average molecular weight is 284 g/mol. The molecule has 0 saturated heterocycles. The fraction of sp³-hybridized carbons (Fsp3) is 0.333. The van der Waals surface area contributed by atoms with Crippen LogP contribution in [0.3, 0.4) is 0 Å². The Morgan fingerprint density at radius 3 is 2.37 bits per heavy atom. The molecule has 7 heteroatoms. The molecule has 1 heterocycles. The van der Waals surface area contributed by atoms with Gasteiger partial charge in [0.15, 0.2) is 0 Å². The molecule has 0 aliphatic rings. The van der Waals surface area contributed by atoms with E-state index in [4.69, 9.17) is 5.84 Å². The van der Waals surface area contributed by atoms with Crippen molar-refractivity contribution in [2.75, 3.05) is 0 Å². The molecule has 1 aromatic carbocycles. The quantitative estimate of drug-likeness (QED) is 0.669. The number of hydrogen-bond donors (Lipinski definition) is 2. The van der Waals surface area contributed by atoms with Crippen LogP contribution in [0.5, 0.6) is 0 Å². The van der Waals surface area contributed by atoms with Crippen LogP contribution in [0, 0.1) is 11.6 Å². The topological polar surface area (TPSA) is 63.8 Å². The Balaban J connectivity index is 2.47. The summed E-state index contributed by atoms with van der Waals surface area (Å²) in [6.45, 7) is 3.94. The second-order valence-electron chi connectivity index (χ2n) is 4.48. The number of rotatable bonds is 4.